The fourth-order valence-electron chi connectivity index (χ4n) is 5.23. The molecule has 7 nitrogen and oxygen atoms in total. The number of benzene rings is 3. The molecule has 1 amide bonds. The Bertz CT molecular complexity index is 1500. The van der Waals surface area contributed by atoms with Crippen LogP contribution in [0.3, 0.4) is 0 Å². The van der Waals surface area contributed by atoms with Crippen LogP contribution in [0.2, 0.25) is 0 Å². The number of aliphatic carboxylic acids is 1. The van der Waals surface area contributed by atoms with Crippen molar-refractivity contribution in [2.75, 3.05) is 6.54 Å². The van der Waals surface area contributed by atoms with Gasteiger partial charge < -0.3 is 10.0 Å². The lowest BCUT2D eigenvalue weighted by Gasteiger charge is -2.30. The molecule has 0 aliphatic carbocycles. The van der Waals surface area contributed by atoms with Crippen LogP contribution in [0.15, 0.2) is 48.5 Å². The third-order valence-corrected chi connectivity index (χ3v) is 7.52. The average Bonchev–Trinajstić information content (AvgIpc) is 3.25. The van der Waals surface area contributed by atoms with Crippen molar-refractivity contribution < 1.29 is 14.7 Å². The van der Waals surface area contributed by atoms with Crippen molar-refractivity contribution in [2.45, 2.75) is 46.1 Å². The van der Waals surface area contributed by atoms with Crippen LogP contribution in [-0.4, -0.2) is 43.4 Å². The number of carboxylic acids is 1. The number of hydrogen-bond donors (Lipinski definition) is 1. The van der Waals surface area contributed by atoms with E-state index in [0.29, 0.717) is 18.7 Å². The van der Waals surface area contributed by atoms with Gasteiger partial charge in [-0.3, -0.25) is 9.59 Å². The predicted molar refractivity (Wildman–Crippen MR) is 138 cm³/mol. The minimum atomic E-state index is -0.858. The van der Waals surface area contributed by atoms with Gasteiger partial charge in [0.1, 0.15) is 5.52 Å². The molecule has 0 fully saturated rings. The number of aromatic nitrogens is 3. The van der Waals surface area contributed by atoms with E-state index in [1.807, 2.05) is 69.1 Å². The molecule has 1 aliphatic rings. The molecule has 184 valence electrons. The van der Waals surface area contributed by atoms with Crippen LogP contribution >= 0.6 is 0 Å². The number of carbonyl (C=O) groups is 2. The highest BCUT2D eigenvalue weighted by molar-refractivity contribution is 5.94. The molecule has 0 saturated carbocycles. The molecule has 0 bridgehead atoms. The lowest BCUT2D eigenvalue weighted by atomic mass is 9.83. The number of fused-ring (bicyclic) bond motifs is 2. The van der Waals surface area contributed by atoms with Gasteiger partial charge in [0.2, 0.25) is 0 Å². The van der Waals surface area contributed by atoms with Crippen molar-refractivity contribution in [2.24, 2.45) is 7.05 Å². The van der Waals surface area contributed by atoms with E-state index in [1.165, 1.54) is 11.1 Å². The van der Waals surface area contributed by atoms with Crippen molar-refractivity contribution in [3.63, 3.8) is 0 Å². The second kappa shape index (κ2) is 9.22. The summed E-state index contributed by atoms with van der Waals surface area (Å²) in [5.41, 5.74) is 9.76. The fraction of sp³-hybridized carbons (Fsp3) is 0.310. The Morgan fingerprint density at radius 1 is 1.00 bits per heavy atom. The first-order valence-electron chi connectivity index (χ1n) is 12.2. The van der Waals surface area contributed by atoms with Crippen LogP contribution < -0.4 is 0 Å². The highest BCUT2D eigenvalue weighted by Crippen LogP contribution is 2.35. The maximum Gasteiger partial charge on any atom is 0.304 e. The van der Waals surface area contributed by atoms with E-state index in [2.05, 4.69) is 22.4 Å². The summed E-state index contributed by atoms with van der Waals surface area (Å²) in [5, 5.41) is 18.2. The zero-order valence-electron chi connectivity index (χ0n) is 21.1. The molecule has 5 rings (SSSR count). The Morgan fingerprint density at radius 2 is 1.81 bits per heavy atom. The first-order chi connectivity index (χ1) is 17.2. The summed E-state index contributed by atoms with van der Waals surface area (Å²) in [4.78, 5) is 27.0. The number of carboxylic acid groups (broad SMARTS) is 1. The molecule has 1 aliphatic heterocycles. The van der Waals surface area contributed by atoms with Gasteiger partial charge in [0.25, 0.3) is 5.91 Å². The van der Waals surface area contributed by atoms with E-state index in [1.54, 1.807) is 4.68 Å². The number of rotatable bonds is 5. The molecule has 1 aromatic heterocycles. The smallest absolute Gasteiger partial charge is 0.304 e. The van der Waals surface area contributed by atoms with Crippen LogP contribution in [0.4, 0.5) is 0 Å². The van der Waals surface area contributed by atoms with Crippen LogP contribution in [0.25, 0.3) is 11.0 Å². The number of hydrogen-bond acceptors (Lipinski definition) is 4. The van der Waals surface area contributed by atoms with Gasteiger partial charge >= 0.3 is 5.97 Å². The zero-order valence-corrected chi connectivity index (χ0v) is 21.1. The summed E-state index contributed by atoms with van der Waals surface area (Å²) in [6.45, 7) is 7.21. The van der Waals surface area contributed by atoms with Gasteiger partial charge in [-0.1, -0.05) is 35.5 Å². The molecule has 0 radical (unpaired) electrons. The van der Waals surface area contributed by atoms with E-state index in [0.717, 1.165) is 45.3 Å². The van der Waals surface area contributed by atoms with Crippen molar-refractivity contribution in [1.82, 2.24) is 19.9 Å². The number of aryl methyl sites for hydroxylation is 4. The van der Waals surface area contributed by atoms with E-state index in [9.17, 15) is 14.7 Å². The number of amides is 1. The van der Waals surface area contributed by atoms with Gasteiger partial charge in [0.15, 0.2) is 0 Å². The van der Waals surface area contributed by atoms with E-state index in [4.69, 9.17) is 0 Å². The molecule has 7 heteroatoms. The van der Waals surface area contributed by atoms with Gasteiger partial charge in [-0.25, -0.2) is 4.68 Å². The summed E-state index contributed by atoms with van der Waals surface area (Å²) in [6.07, 6.45) is 0.747. The summed E-state index contributed by atoms with van der Waals surface area (Å²) in [7, 11) is 1.84. The highest BCUT2D eigenvalue weighted by atomic mass is 16.4. The van der Waals surface area contributed by atoms with Crippen molar-refractivity contribution >= 4 is 22.9 Å². The van der Waals surface area contributed by atoms with Gasteiger partial charge in [-0.2, -0.15) is 0 Å². The summed E-state index contributed by atoms with van der Waals surface area (Å²) in [5.74, 6) is -1.16. The topological polar surface area (TPSA) is 88.3 Å². The first-order valence-corrected chi connectivity index (χ1v) is 12.2. The van der Waals surface area contributed by atoms with E-state index in [-0.39, 0.29) is 18.2 Å². The van der Waals surface area contributed by atoms with Crippen molar-refractivity contribution in [1.29, 1.82) is 0 Å². The molecule has 1 atom stereocenters. The van der Waals surface area contributed by atoms with Gasteiger partial charge in [-0.05, 0) is 84.3 Å². The van der Waals surface area contributed by atoms with Crippen LogP contribution in [0.5, 0.6) is 0 Å². The highest BCUT2D eigenvalue weighted by Gasteiger charge is 2.26. The summed E-state index contributed by atoms with van der Waals surface area (Å²) in [6, 6.07) is 16.0. The Balaban J connectivity index is 1.49. The SMILES string of the molecule is Cc1ccc(C(=O)N2CCc3ccc([C@H](CC(=O)O)c4ccc5c(nnn5C)c4C)cc3C2)cc1C. The molecule has 0 unspecified atom stereocenters. The fourth-order valence-corrected chi connectivity index (χ4v) is 5.23. The molecule has 1 N–H and O–H groups in total. The lowest BCUT2D eigenvalue weighted by molar-refractivity contribution is -0.137. The van der Waals surface area contributed by atoms with Crippen molar-refractivity contribution in [3.05, 3.63) is 93.0 Å². The minimum absolute atomic E-state index is 0.0280. The van der Waals surface area contributed by atoms with E-state index < -0.39 is 5.97 Å². The van der Waals surface area contributed by atoms with Crippen LogP contribution in [0.1, 0.15) is 61.6 Å². The maximum absolute atomic E-state index is 13.3. The Morgan fingerprint density at radius 3 is 2.56 bits per heavy atom. The molecule has 2 heterocycles. The molecule has 0 spiro atoms. The molecule has 0 saturated heterocycles. The number of carbonyl (C=O) groups excluding carboxylic acids is 1. The number of nitrogens with zero attached hydrogens (tertiary/aromatic N) is 4. The monoisotopic (exact) mass is 482 g/mol. The molecule has 4 aromatic rings. The largest absolute Gasteiger partial charge is 0.481 e. The lowest BCUT2D eigenvalue weighted by Crippen LogP contribution is -2.36. The molecular formula is C29H30N4O3. The second-order valence-corrected chi connectivity index (χ2v) is 9.81. The normalized spacial score (nSPS) is 14.1. The quantitative estimate of drug-likeness (QED) is 0.446. The Labute approximate surface area is 210 Å². The van der Waals surface area contributed by atoms with E-state index >= 15 is 0 Å². The van der Waals surface area contributed by atoms with Crippen LogP contribution in [-0.2, 0) is 24.8 Å². The second-order valence-electron chi connectivity index (χ2n) is 9.81. The van der Waals surface area contributed by atoms with Crippen molar-refractivity contribution in [3.8, 4) is 0 Å². The first kappa shape index (κ1) is 23.7. The van der Waals surface area contributed by atoms with Crippen LogP contribution in [0, 0.1) is 20.8 Å². The maximum atomic E-state index is 13.3. The van der Waals surface area contributed by atoms with Gasteiger partial charge in [0.05, 0.1) is 11.9 Å². The third-order valence-electron chi connectivity index (χ3n) is 7.52. The standard InChI is InChI=1S/C29H30N4O3/c1-17-5-6-22(13-18(17)2)29(36)33-12-11-20-7-8-21(14-23(20)16-33)25(15-27(34)35)24-9-10-26-28(19(24)3)30-31-32(26)4/h5-10,13-14,25H,11-12,15-16H2,1-4H3,(H,34,35)/t25-/m0/s1. The zero-order chi connectivity index (χ0) is 25.6. The van der Waals surface area contributed by atoms with Gasteiger partial charge in [-0.15, -0.1) is 5.10 Å². The third kappa shape index (κ3) is 4.26. The average molecular weight is 483 g/mol. The molecule has 36 heavy (non-hydrogen) atoms. The summed E-state index contributed by atoms with van der Waals surface area (Å²) < 4.78 is 1.72. The predicted octanol–water partition coefficient (Wildman–Crippen LogP) is 4.70. The molecular weight excluding hydrogens is 452 g/mol. The summed E-state index contributed by atoms with van der Waals surface area (Å²) >= 11 is 0. The minimum Gasteiger partial charge on any atom is -0.481 e. The van der Waals surface area contributed by atoms with Gasteiger partial charge in [0, 0.05) is 31.6 Å². The Hall–Kier alpha value is -4.00. The Kier molecular flexibility index (Phi) is 6.08. The molecule has 3 aromatic carbocycles.